The molecule has 36 heavy (non-hydrogen) atoms. The summed E-state index contributed by atoms with van der Waals surface area (Å²) in [5, 5.41) is 4.54. The second-order valence-corrected chi connectivity index (χ2v) is 10.0. The van der Waals surface area contributed by atoms with Crippen LogP contribution in [0.2, 0.25) is 0 Å². The molecule has 0 bridgehead atoms. The van der Waals surface area contributed by atoms with Gasteiger partial charge in [-0.2, -0.15) is 0 Å². The number of carbonyl (C=O) groups excluding carboxylic acids is 2. The molecule has 11 heteroatoms. The van der Waals surface area contributed by atoms with E-state index in [-0.39, 0.29) is 50.7 Å². The first-order chi connectivity index (χ1) is 17.4. The van der Waals surface area contributed by atoms with Crippen molar-refractivity contribution < 1.29 is 19.1 Å². The number of hydrogen-bond donors (Lipinski definition) is 1. The summed E-state index contributed by atoms with van der Waals surface area (Å²) in [4.78, 5) is 53.7. The van der Waals surface area contributed by atoms with Crippen LogP contribution in [0, 0.1) is 0 Å². The van der Waals surface area contributed by atoms with Crippen LogP contribution in [0.25, 0.3) is 10.2 Å². The number of nitrogens with one attached hydrogen (secondary N) is 1. The average molecular weight is 513 g/mol. The quantitative estimate of drug-likeness (QED) is 0.519. The Morgan fingerprint density at radius 2 is 1.94 bits per heavy atom. The van der Waals surface area contributed by atoms with E-state index < -0.39 is 11.2 Å². The topological polar surface area (TPSA) is 112 Å². The zero-order valence-electron chi connectivity index (χ0n) is 20.0. The van der Waals surface area contributed by atoms with E-state index in [1.807, 2.05) is 17.9 Å². The minimum Gasteiger partial charge on any atom is -0.454 e. The predicted molar refractivity (Wildman–Crippen MR) is 134 cm³/mol. The van der Waals surface area contributed by atoms with Crippen molar-refractivity contribution >= 4 is 33.4 Å². The van der Waals surface area contributed by atoms with Crippen molar-refractivity contribution in [1.29, 1.82) is 0 Å². The number of likely N-dealkylation sites (tertiary alicyclic amines) is 1. The highest BCUT2D eigenvalue weighted by molar-refractivity contribution is 7.17. The Labute approximate surface area is 211 Å². The predicted octanol–water partition coefficient (Wildman–Crippen LogP) is 2.06. The molecule has 1 atom stereocenters. The highest BCUT2D eigenvalue weighted by Gasteiger charge is 2.25. The number of amides is 2. The maximum absolute atomic E-state index is 13.3. The molecule has 5 rings (SSSR count). The number of nitrogens with zero attached hydrogens (tertiary/aromatic N) is 3. The largest absolute Gasteiger partial charge is 0.454 e. The van der Waals surface area contributed by atoms with Gasteiger partial charge in [0.05, 0.1) is 5.52 Å². The molecular formula is C25H28N4O6S. The van der Waals surface area contributed by atoms with Gasteiger partial charge in [-0.05, 0) is 55.3 Å². The van der Waals surface area contributed by atoms with Gasteiger partial charge in [0.25, 0.3) is 5.56 Å². The van der Waals surface area contributed by atoms with Crippen molar-refractivity contribution in [3.05, 3.63) is 56.0 Å². The lowest BCUT2D eigenvalue weighted by molar-refractivity contribution is -0.135. The third-order valence-electron chi connectivity index (χ3n) is 6.74. The van der Waals surface area contributed by atoms with Crippen LogP contribution in [0.5, 0.6) is 11.5 Å². The fourth-order valence-electron chi connectivity index (χ4n) is 4.73. The number of rotatable bonds is 7. The fourth-order valence-corrected chi connectivity index (χ4v) is 5.57. The minimum absolute atomic E-state index is 0.0479. The molecule has 0 radical (unpaired) electrons. The third-order valence-corrected chi connectivity index (χ3v) is 7.63. The van der Waals surface area contributed by atoms with Gasteiger partial charge in [0.1, 0.15) is 11.2 Å². The summed E-state index contributed by atoms with van der Waals surface area (Å²) < 4.78 is 13.5. The van der Waals surface area contributed by atoms with Crippen molar-refractivity contribution in [2.75, 3.05) is 13.3 Å². The zero-order valence-corrected chi connectivity index (χ0v) is 20.8. The molecule has 2 aromatic heterocycles. The molecule has 1 N–H and O–H groups in total. The molecule has 0 spiro atoms. The number of fused-ring (bicyclic) bond motifs is 2. The van der Waals surface area contributed by atoms with E-state index in [1.54, 1.807) is 23.6 Å². The molecule has 3 aromatic rings. The molecule has 1 aromatic carbocycles. The van der Waals surface area contributed by atoms with E-state index in [0.29, 0.717) is 28.3 Å². The number of thiophene rings is 1. The third kappa shape index (κ3) is 4.75. The Morgan fingerprint density at radius 1 is 1.11 bits per heavy atom. The normalized spacial score (nSPS) is 16.9. The maximum Gasteiger partial charge on any atom is 0.332 e. The van der Waals surface area contributed by atoms with Gasteiger partial charge in [0.15, 0.2) is 11.5 Å². The first kappa shape index (κ1) is 24.1. The lowest BCUT2D eigenvalue weighted by Gasteiger charge is -2.33. The molecule has 2 aliphatic rings. The lowest BCUT2D eigenvalue weighted by atomic mass is 10.0. The first-order valence-corrected chi connectivity index (χ1v) is 13.0. The SMILES string of the molecule is C[C@@H]1CCCCN1C(=O)Cn1c(=O)n(CCC(=O)NCc2ccc3c(c2)OCO3)c(=O)c2sccc21. The van der Waals surface area contributed by atoms with Crippen LogP contribution in [-0.2, 0) is 29.2 Å². The molecule has 4 heterocycles. The molecule has 190 valence electrons. The van der Waals surface area contributed by atoms with E-state index in [1.165, 1.54) is 15.9 Å². The summed E-state index contributed by atoms with van der Waals surface area (Å²) in [5.41, 5.74) is 0.283. The van der Waals surface area contributed by atoms with Gasteiger partial charge < -0.3 is 19.7 Å². The highest BCUT2D eigenvalue weighted by Crippen LogP contribution is 2.32. The molecule has 0 aliphatic carbocycles. The van der Waals surface area contributed by atoms with Crippen LogP contribution in [0.3, 0.4) is 0 Å². The molecule has 2 amide bonds. The van der Waals surface area contributed by atoms with Gasteiger partial charge in [0.2, 0.25) is 18.6 Å². The summed E-state index contributed by atoms with van der Waals surface area (Å²) in [5.74, 6) is 0.864. The average Bonchev–Trinajstić information content (AvgIpc) is 3.55. The Bertz CT molecular complexity index is 1420. The second kappa shape index (κ2) is 10.2. The number of ether oxygens (including phenoxy) is 2. The minimum atomic E-state index is -0.576. The molecule has 2 aliphatic heterocycles. The van der Waals surface area contributed by atoms with Crippen molar-refractivity contribution in [3.63, 3.8) is 0 Å². The molecular weight excluding hydrogens is 484 g/mol. The van der Waals surface area contributed by atoms with E-state index in [0.717, 1.165) is 29.4 Å². The summed E-state index contributed by atoms with van der Waals surface area (Å²) in [6, 6.07) is 7.24. The highest BCUT2D eigenvalue weighted by atomic mass is 32.1. The number of aromatic nitrogens is 2. The lowest BCUT2D eigenvalue weighted by Crippen LogP contribution is -2.47. The maximum atomic E-state index is 13.3. The summed E-state index contributed by atoms with van der Waals surface area (Å²) in [7, 11) is 0. The Kier molecular flexibility index (Phi) is 6.82. The molecule has 0 unspecified atom stereocenters. The van der Waals surface area contributed by atoms with Crippen molar-refractivity contribution in [1.82, 2.24) is 19.4 Å². The van der Waals surface area contributed by atoms with Crippen molar-refractivity contribution in [2.45, 2.75) is 58.3 Å². The Balaban J connectivity index is 1.29. The van der Waals surface area contributed by atoms with Gasteiger partial charge in [0, 0.05) is 32.1 Å². The Morgan fingerprint density at radius 3 is 2.78 bits per heavy atom. The summed E-state index contributed by atoms with van der Waals surface area (Å²) in [6.45, 7) is 2.93. The fraction of sp³-hybridized carbons (Fsp3) is 0.440. The monoisotopic (exact) mass is 512 g/mol. The second-order valence-electron chi connectivity index (χ2n) is 9.11. The molecule has 10 nitrogen and oxygen atoms in total. The number of hydrogen-bond acceptors (Lipinski definition) is 7. The van der Waals surface area contributed by atoms with Gasteiger partial charge in [-0.15, -0.1) is 11.3 Å². The van der Waals surface area contributed by atoms with Crippen LogP contribution in [0.1, 0.15) is 38.2 Å². The number of benzene rings is 1. The first-order valence-electron chi connectivity index (χ1n) is 12.1. The molecule has 1 fully saturated rings. The van der Waals surface area contributed by atoms with E-state index in [9.17, 15) is 19.2 Å². The van der Waals surface area contributed by atoms with E-state index in [4.69, 9.17) is 9.47 Å². The number of carbonyl (C=O) groups is 2. The van der Waals surface area contributed by atoms with E-state index in [2.05, 4.69) is 5.32 Å². The van der Waals surface area contributed by atoms with Crippen LogP contribution in [0.15, 0.2) is 39.2 Å². The van der Waals surface area contributed by atoms with E-state index >= 15 is 0 Å². The van der Waals surface area contributed by atoms with Crippen LogP contribution in [0.4, 0.5) is 0 Å². The van der Waals surface area contributed by atoms with Crippen LogP contribution in [-0.4, -0.2) is 45.2 Å². The zero-order chi connectivity index (χ0) is 25.2. The van der Waals surface area contributed by atoms with Gasteiger partial charge in [-0.1, -0.05) is 6.07 Å². The molecule has 1 saturated heterocycles. The van der Waals surface area contributed by atoms with Gasteiger partial charge in [-0.3, -0.25) is 23.5 Å². The molecule has 0 saturated carbocycles. The van der Waals surface area contributed by atoms with Crippen molar-refractivity contribution in [3.8, 4) is 11.5 Å². The number of piperidine rings is 1. The summed E-state index contributed by atoms with van der Waals surface area (Å²) >= 11 is 1.23. The standard InChI is InChI=1S/C25H28N4O6S/c1-16-4-2-3-9-27(16)22(31)14-29-18-8-11-36-23(18)24(32)28(25(29)33)10-7-21(30)26-13-17-5-6-19-20(12-17)35-15-34-19/h5-6,8,11-12,16H,2-4,7,9-10,13-15H2,1H3,(H,26,30)/t16-/m1/s1. The summed E-state index contributed by atoms with van der Waals surface area (Å²) in [6.07, 6.45) is 2.92. The Hall–Kier alpha value is -3.60. The van der Waals surface area contributed by atoms with Crippen LogP contribution < -0.4 is 26.0 Å². The van der Waals surface area contributed by atoms with Gasteiger partial charge in [-0.25, -0.2) is 4.79 Å². The van der Waals surface area contributed by atoms with Crippen LogP contribution >= 0.6 is 11.3 Å². The van der Waals surface area contributed by atoms with Crippen molar-refractivity contribution in [2.24, 2.45) is 0 Å². The smallest absolute Gasteiger partial charge is 0.332 e. The van der Waals surface area contributed by atoms with Gasteiger partial charge >= 0.3 is 5.69 Å².